The molecule has 0 aliphatic heterocycles. The molecule has 0 aliphatic carbocycles. The molecule has 0 saturated carbocycles. The molecule has 0 amide bonds. The molecule has 6 N–H and O–H groups in total. The third-order valence-electron chi connectivity index (χ3n) is 1.69. The van der Waals surface area contributed by atoms with E-state index in [1.807, 2.05) is 6.26 Å². The van der Waals surface area contributed by atoms with Crippen molar-refractivity contribution >= 4 is 29.7 Å². The minimum Gasteiger partial charge on any atom is -0.479 e. The third kappa shape index (κ3) is 10.3. The number of carboxylic acid groups (broad SMARTS) is 3. The van der Waals surface area contributed by atoms with Gasteiger partial charge in [-0.3, -0.25) is 0 Å². The van der Waals surface area contributed by atoms with Crippen LogP contribution in [0.4, 0.5) is 0 Å². The lowest BCUT2D eigenvalue weighted by Gasteiger charge is -2.07. The van der Waals surface area contributed by atoms with Crippen molar-refractivity contribution in [3.05, 3.63) is 0 Å². The topological polar surface area (TPSA) is 173 Å². The Morgan fingerprint density at radius 1 is 0.895 bits per heavy atom. The maximum atomic E-state index is 9.95. The first-order chi connectivity index (χ1) is 8.64. The molecular formula is C9H16O9S. The summed E-state index contributed by atoms with van der Waals surface area (Å²) in [6, 6.07) is 0. The molecule has 0 spiro atoms. The highest BCUT2D eigenvalue weighted by atomic mass is 32.2. The average molecular weight is 300 g/mol. The lowest BCUT2D eigenvalue weighted by atomic mass is 10.2. The number of thioether (sulfide) groups is 1. The van der Waals surface area contributed by atoms with Gasteiger partial charge in [-0.05, 0) is 18.4 Å². The van der Waals surface area contributed by atoms with Crippen molar-refractivity contribution < 1.29 is 45.0 Å². The zero-order valence-corrected chi connectivity index (χ0v) is 10.8. The first kappa shape index (κ1) is 20.0. The van der Waals surface area contributed by atoms with Crippen LogP contribution in [0.3, 0.4) is 0 Å². The summed E-state index contributed by atoms with van der Waals surface area (Å²) in [5.74, 6) is -3.98. The first-order valence-corrected chi connectivity index (χ1v) is 6.26. The maximum Gasteiger partial charge on any atom is 0.335 e. The quantitative estimate of drug-likeness (QED) is 0.310. The summed E-state index contributed by atoms with van der Waals surface area (Å²) in [6.45, 7) is 0. The van der Waals surface area contributed by atoms with Gasteiger partial charge in [-0.25, -0.2) is 14.4 Å². The van der Waals surface area contributed by atoms with E-state index in [1.54, 1.807) is 0 Å². The molecule has 3 unspecified atom stereocenters. The summed E-state index contributed by atoms with van der Waals surface area (Å²) < 4.78 is 0. The zero-order valence-electron chi connectivity index (χ0n) is 9.96. The predicted molar refractivity (Wildman–Crippen MR) is 63.9 cm³/mol. The SMILES string of the molecule is CSCCC(O)C(=O)O.O=C(O)C(O)C(O)C(=O)O. The molecular weight excluding hydrogens is 284 g/mol. The van der Waals surface area contributed by atoms with Crippen molar-refractivity contribution in [2.24, 2.45) is 0 Å². The normalized spacial score (nSPS) is 14.5. The monoisotopic (exact) mass is 300 g/mol. The van der Waals surface area contributed by atoms with Gasteiger partial charge in [-0.2, -0.15) is 11.8 Å². The molecule has 0 radical (unpaired) electrons. The number of rotatable bonds is 7. The lowest BCUT2D eigenvalue weighted by Crippen LogP contribution is -2.39. The Hall–Kier alpha value is -1.36. The molecule has 9 nitrogen and oxygen atoms in total. The van der Waals surface area contributed by atoms with Gasteiger partial charge in [0, 0.05) is 0 Å². The molecule has 0 aromatic rings. The molecule has 0 aromatic heterocycles. The summed E-state index contributed by atoms with van der Waals surface area (Å²) in [4.78, 5) is 29.5. The average Bonchev–Trinajstić information content (AvgIpc) is 2.34. The lowest BCUT2D eigenvalue weighted by molar-refractivity contribution is -0.165. The van der Waals surface area contributed by atoms with Crippen LogP contribution in [0.1, 0.15) is 6.42 Å². The number of aliphatic hydroxyl groups excluding tert-OH is 3. The Kier molecular flexibility index (Phi) is 11.1. The van der Waals surface area contributed by atoms with Crippen LogP contribution in [0.25, 0.3) is 0 Å². The highest BCUT2D eigenvalue weighted by Gasteiger charge is 2.29. The third-order valence-corrected chi connectivity index (χ3v) is 2.33. The summed E-state index contributed by atoms with van der Waals surface area (Å²) in [6.07, 6.45) is -3.52. The molecule has 112 valence electrons. The van der Waals surface area contributed by atoms with Crippen LogP contribution in [-0.4, -0.2) is 78.9 Å². The molecule has 0 fully saturated rings. The van der Waals surface area contributed by atoms with Gasteiger partial charge in [0.15, 0.2) is 18.3 Å². The number of hydrogen-bond donors (Lipinski definition) is 6. The minimum absolute atomic E-state index is 0.330. The van der Waals surface area contributed by atoms with E-state index in [-0.39, 0.29) is 0 Å². The van der Waals surface area contributed by atoms with Crippen LogP contribution in [0.2, 0.25) is 0 Å². The molecule has 0 aliphatic rings. The van der Waals surface area contributed by atoms with Crippen molar-refractivity contribution in [2.75, 3.05) is 12.0 Å². The molecule has 0 rings (SSSR count). The van der Waals surface area contributed by atoms with Gasteiger partial charge in [-0.1, -0.05) is 0 Å². The second-order valence-corrected chi connectivity index (χ2v) is 4.19. The van der Waals surface area contributed by atoms with E-state index >= 15 is 0 Å². The smallest absolute Gasteiger partial charge is 0.335 e. The van der Waals surface area contributed by atoms with Crippen LogP contribution in [-0.2, 0) is 14.4 Å². The number of carboxylic acids is 3. The fourth-order valence-corrected chi connectivity index (χ4v) is 1.08. The molecule has 0 heterocycles. The Bertz CT molecular complexity index is 288. The van der Waals surface area contributed by atoms with Crippen molar-refractivity contribution in [1.82, 2.24) is 0 Å². The largest absolute Gasteiger partial charge is 0.479 e. The van der Waals surface area contributed by atoms with Gasteiger partial charge < -0.3 is 30.6 Å². The number of carbonyl (C=O) groups is 3. The Morgan fingerprint density at radius 2 is 1.26 bits per heavy atom. The highest BCUT2D eigenvalue weighted by Crippen LogP contribution is 1.99. The van der Waals surface area contributed by atoms with Crippen LogP contribution in [0, 0.1) is 0 Å². The van der Waals surface area contributed by atoms with E-state index in [4.69, 9.17) is 30.6 Å². The van der Waals surface area contributed by atoms with Crippen molar-refractivity contribution in [2.45, 2.75) is 24.7 Å². The first-order valence-electron chi connectivity index (χ1n) is 4.86. The summed E-state index contributed by atoms with van der Waals surface area (Å²) in [7, 11) is 0. The van der Waals surface area contributed by atoms with Crippen LogP contribution in [0.15, 0.2) is 0 Å². The summed E-state index contributed by atoms with van der Waals surface area (Å²) in [5, 5.41) is 49.3. The van der Waals surface area contributed by atoms with Gasteiger partial charge in [0.1, 0.15) is 0 Å². The van der Waals surface area contributed by atoms with Crippen molar-refractivity contribution in [1.29, 1.82) is 0 Å². The maximum absolute atomic E-state index is 9.95. The Labute approximate surface area is 112 Å². The van der Waals surface area contributed by atoms with Crippen LogP contribution in [0.5, 0.6) is 0 Å². The fraction of sp³-hybridized carbons (Fsp3) is 0.667. The summed E-state index contributed by atoms with van der Waals surface area (Å²) in [5.41, 5.74) is 0. The molecule has 0 saturated heterocycles. The number of aliphatic carboxylic acids is 3. The van der Waals surface area contributed by atoms with E-state index in [1.165, 1.54) is 11.8 Å². The molecule has 0 aromatic carbocycles. The molecule has 3 atom stereocenters. The van der Waals surface area contributed by atoms with Gasteiger partial charge >= 0.3 is 17.9 Å². The number of hydrogen-bond acceptors (Lipinski definition) is 7. The van der Waals surface area contributed by atoms with Crippen LogP contribution < -0.4 is 0 Å². The van der Waals surface area contributed by atoms with Crippen LogP contribution >= 0.6 is 11.8 Å². The predicted octanol–water partition coefficient (Wildman–Crippen LogP) is -1.94. The van der Waals surface area contributed by atoms with Gasteiger partial charge in [-0.15, -0.1) is 0 Å². The second kappa shape index (κ2) is 10.6. The van der Waals surface area contributed by atoms with Gasteiger partial charge in [0.2, 0.25) is 0 Å². The van der Waals surface area contributed by atoms with Gasteiger partial charge in [0.25, 0.3) is 0 Å². The van der Waals surface area contributed by atoms with Gasteiger partial charge in [0.05, 0.1) is 0 Å². The van der Waals surface area contributed by atoms with Crippen molar-refractivity contribution in [3.63, 3.8) is 0 Å². The standard InChI is InChI=1S/C5H10O3S.C4H6O6/c1-9-3-2-4(6)5(7)8;5-1(3(7)8)2(6)4(9)10/h4,6H,2-3H2,1H3,(H,7,8);1-2,5-6H,(H,7,8)(H,9,10). The Balaban J connectivity index is 0. The van der Waals surface area contributed by atoms with E-state index < -0.39 is 36.2 Å². The van der Waals surface area contributed by atoms with E-state index in [2.05, 4.69) is 0 Å². The van der Waals surface area contributed by atoms with Crippen molar-refractivity contribution in [3.8, 4) is 0 Å². The molecule has 0 bridgehead atoms. The number of aliphatic hydroxyl groups is 3. The molecule has 19 heavy (non-hydrogen) atoms. The minimum atomic E-state index is -2.27. The van der Waals surface area contributed by atoms with E-state index in [0.29, 0.717) is 12.2 Å². The van der Waals surface area contributed by atoms with E-state index in [0.717, 1.165) is 0 Å². The fourth-order valence-electron chi connectivity index (χ4n) is 0.623. The zero-order chi connectivity index (χ0) is 15.6. The second-order valence-electron chi connectivity index (χ2n) is 3.20. The Morgan fingerprint density at radius 3 is 1.47 bits per heavy atom. The van der Waals surface area contributed by atoms with E-state index in [9.17, 15) is 14.4 Å². The highest BCUT2D eigenvalue weighted by molar-refractivity contribution is 7.98. The summed E-state index contributed by atoms with van der Waals surface area (Å²) >= 11 is 1.52. The molecule has 10 heteroatoms.